The van der Waals surface area contributed by atoms with Crippen molar-refractivity contribution in [3.63, 3.8) is 0 Å². The summed E-state index contributed by atoms with van der Waals surface area (Å²) in [5.41, 5.74) is 0.893. The number of ketones is 1. The molecule has 2 heteroatoms. The van der Waals surface area contributed by atoms with E-state index >= 15 is 0 Å². The van der Waals surface area contributed by atoms with Crippen molar-refractivity contribution in [2.24, 2.45) is 10.8 Å². The van der Waals surface area contributed by atoms with Crippen molar-refractivity contribution < 1.29 is 11.3 Å². The number of carbonyl (C=O) groups excluding carboxylic acids is 1. The summed E-state index contributed by atoms with van der Waals surface area (Å²) in [6.45, 7) is 13.7. The second-order valence-corrected chi connectivity index (χ2v) is 37.8. The fourth-order valence-corrected chi connectivity index (χ4v) is 107. The Hall–Kier alpha value is 0.189. The molecule has 10 fully saturated rings. The van der Waals surface area contributed by atoms with E-state index in [0.29, 0.717) is 25.2 Å². The topological polar surface area (TPSA) is 17.1 Å². The van der Waals surface area contributed by atoms with E-state index in [-0.39, 0.29) is 0 Å². The molecule has 1 spiro atoms. The van der Waals surface area contributed by atoms with Gasteiger partial charge in [-0.3, -0.25) is 0 Å². The van der Waals surface area contributed by atoms with Crippen molar-refractivity contribution in [2.45, 2.75) is 95.1 Å². The minimum absolute atomic E-state index is 0.354. The first-order valence-electron chi connectivity index (χ1n) is 9.48. The molecular weight excluding hydrogens is 312 g/mol. The van der Waals surface area contributed by atoms with Crippen LogP contribution in [0.1, 0.15) is 48.5 Å². The van der Waals surface area contributed by atoms with Gasteiger partial charge in [0.1, 0.15) is 0 Å². The number of Topliss-reactive ketones (excluding diaryl/α,β-unsaturated/α-hetero) is 1. The summed E-state index contributed by atoms with van der Waals surface area (Å²) in [6.07, 6.45) is 0. The predicted octanol–water partition coefficient (Wildman–Crippen LogP) is 6.17. The molecule has 0 aromatic heterocycles. The van der Waals surface area contributed by atoms with Crippen molar-refractivity contribution in [2.75, 3.05) is 0 Å². The molecule has 9 atom stereocenters. The number of hydrogen-bond acceptors (Lipinski definition) is 1. The molecule has 10 heterocycles. The maximum absolute atomic E-state index is 13.4. The van der Waals surface area contributed by atoms with Gasteiger partial charge in [0, 0.05) is 0 Å². The quantitative estimate of drug-likeness (QED) is 0.522. The first-order valence-corrected chi connectivity index (χ1v) is 15.6. The van der Waals surface area contributed by atoms with Gasteiger partial charge in [0.05, 0.1) is 0 Å². The molecular formula is C20H28FeO. The summed E-state index contributed by atoms with van der Waals surface area (Å²) < 4.78 is 1.75. The van der Waals surface area contributed by atoms with Crippen molar-refractivity contribution in [1.29, 1.82) is 0 Å². The van der Waals surface area contributed by atoms with Crippen LogP contribution >= 0.6 is 0 Å². The normalized spacial score (nSPS) is 103. The standard InChI is InChI=1S/C11H15O.C9H13.Fe/c1-8(12)9-6-5-7-10(9)11(2,3)4;1-9(2,3)8-6-4-5-7-8;/h5-7H,1-4H3;4-7H,1-3H3;. The zero-order valence-corrected chi connectivity index (χ0v) is 15.9. The molecule has 1 nitrogen and oxygen atoms in total. The minimum atomic E-state index is -3.75. The number of rotatable bonds is 1. The summed E-state index contributed by atoms with van der Waals surface area (Å²) in [5.74, 6) is 0.715. The molecule has 9 unspecified atom stereocenters. The molecule has 10 rings (SSSR count). The van der Waals surface area contributed by atoms with Crippen LogP contribution in [0.2, 0.25) is 46.7 Å². The monoisotopic (exact) mass is 340 g/mol. The number of fused-ring (bicyclic) bond motifs is 10. The SMILES string of the molecule is CC(=O)[C]12[CH]3[CH]4[CH]5[C]1(C(C)(C)C)[Fe]43521678[CH]2[CH]1[CH]6[C]7(C(C)(C)C)[CH]28. The summed E-state index contributed by atoms with van der Waals surface area (Å²) in [6, 6.07) is 0. The van der Waals surface area contributed by atoms with Gasteiger partial charge in [0.25, 0.3) is 0 Å². The average Bonchev–Trinajstić information content (AvgIpc) is 3.29. The molecule has 0 aromatic carbocycles. The summed E-state index contributed by atoms with van der Waals surface area (Å²) >= 11 is 0. The van der Waals surface area contributed by atoms with E-state index in [9.17, 15) is 4.79 Å². The van der Waals surface area contributed by atoms with Crippen LogP contribution in [0.15, 0.2) is 0 Å². The van der Waals surface area contributed by atoms with Crippen molar-refractivity contribution >= 4 is 5.78 Å². The van der Waals surface area contributed by atoms with Crippen LogP contribution in [0, 0.1) is 10.8 Å². The molecule has 0 aliphatic carbocycles. The van der Waals surface area contributed by atoms with E-state index < -0.39 is 6.51 Å². The Morgan fingerprint density at radius 2 is 1.36 bits per heavy atom. The zero-order chi connectivity index (χ0) is 15.4. The van der Waals surface area contributed by atoms with Gasteiger partial charge in [0.2, 0.25) is 0 Å². The van der Waals surface area contributed by atoms with E-state index in [0.717, 1.165) is 9.13 Å². The van der Waals surface area contributed by atoms with Crippen LogP contribution < -0.4 is 0 Å². The van der Waals surface area contributed by atoms with Gasteiger partial charge >= 0.3 is 123 Å². The number of hydrogen-bond donors (Lipinski definition) is 0. The van der Waals surface area contributed by atoms with Gasteiger partial charge in [-0.25, -0.2) is 0 Å². The molecule has 10 saturated heterocycles. The van der Waals surface area contributed by atoms with Crippen LogP contribution in [0.3, 0.4) is 0 Å². The van der Waals surface area contributed by atoms with E-state index in [2.05, 4.69) is 41.5 Å². The first-order chi connectivity index (χ1) is 9.77. The van der Waals surface area contributed by atoms with Gasteiger partial charge in [0.15, 0.2) is 0 Å². The molecule has 10 aliphatic heterocycles. The molecule has 0 amide bonds. The van der Waals surface area contributed by atoms with Gasteiger partial charge in [-0.05, 0) is 0 Å². The third-order valence-corrected chi connectivity index (χ3v) is 62.0. The molecule has 0 radical (unpaired) electrons. The van der Waals surface area contributed by atoms with Gasteiger partial charge in [-0.15, -0.1) is 0 Å². The van der Waals surface area contributed by atoms with Crippen molar-refractivity contribution in [3.8, 4) is 0 Å². The molecule has 10 aliphatic rings. The molecule has 0 bridgehead atoms. The van der Waals surface area contributed by atoms with Gasteiger partial charge < -0.3 is 0 Å². The average molecular weight is 340 g/mol. The molecule has 0 aromatic rings. The van der Waals surface area contributed by atoms with Crippen LogP contribution in [0.5, 0.6) is 0 Å². The summed E-state index contributed by atoms with van der Waals surface area (Å²) in [7, 11) is 0. The molecule has 0 N–H and O–H groups in total. The molecule has 122 valence electrons. The zero-order valence-electron chi connectivity index (χ0n) is 14.8. The third kappa shape index (κ3) is 0.107. The first kappa shape index (κ1) is 10.2. The van der Waals surface area contributed by atoms with Crippen molar-refractivity contribution in [3.05, 3.63) is 0 Å². The molecule has 0 saturated carbocycles. The van der Waals surface area contributed by atoms with E-state index in [1.54, 1.807) is 0 Å². The van der Waals surface area contributed by atoms with E-state index in [1.807, 2.05) is 6.92 Å². The van der Waals surface area contributed by atoms with E-state index in [4.69, 9.17) is 0 Å². The van der Waals surface area contributed by atoms with Crippen molar-refractivity contribution in [1.82, 2.24) is 0 Å². The fourth-order valence-electron chi connectivity index (χ4n) is 22.3. The third-order valence-electron chi connectivity index (χ3n) is 17.7. The Morgan fingerprint density at radius 1 is 0.818 bits per heavy atom. The summed E-state index contributed by atoms with van der Waals surface area (Å²) in [5, 5.41) is 0. The Bertz CT molecular complexity index is 1250. The predicted molar refractivity (Wildman–Crippen MR) is 83.9 cm³/mol. The van der Waals surface area contributed by atoms with Gasteiger partial charge in [-0.2, -0.15) is 0 Å². The Kier molecular flexibility index (Phi) is 0.409. The van der Waals surface area contributed by atoms with Crippen LogP contribution in [0.4, 0.5) is 0 Å². The molecule has 22 heavy (non-hydrogen) atoms. The van der Waals surface area contributed by atoms with Crippen LogP contribution in [-0.2, 0) is 11.3 Å². The van der Waals surface area contributed by atoms with E-state index in [1.165, 1.54) is 28.9 Å². The van der Waals surface area contributed by atoms with Gasteiger partial charge in [-0.1, -0.05) is 0 Å². The fraction of sp³-hybridized carbons (Fsp3) is 0.950. The van der Waals surface area contributed by atoms with Crippen LogP contribution in [-0.4, -0.2) is 5.78 Å². The Morgan fingerprint density at radius 3 is 1.59 bits per heavy atom. The Balaban J connectivity index is 1.62. The maximum atomic E-state index is 13.4. The second kappa shape index (κ2) is 0.878. The van der Waals surface area contributed by atoms with Crippen LogP contribution in [0.25, 0.3) is 0 Å². The summed E-state index contributed by atoms with van der Waals surface area (Å²) in [4.78, 5) is 21.5. The second-order valence-electron chi connectivity index (χ2n) is 14.9. The number of carbonyl (C=O) groups is 1. The Labute approximate surface area is 123 Å².